The van der Waals surface area contributed by atoms with Gasteiger partial charge in [-0.15, -0.1) is 5.10 Å². The minimum Gasteiger partial charge on any atom is -0.382 e. The zero-order chi connectivity index (χ0) is 22.9. The van der Waals surface area contributed by atoms with Crippen molar-refractivity contribution >= 4 is 28.7 Å². The van der Waals surface area contributed by atoms with Crippen LogP contribution in [0.5, 0.6) is 0 Å². The van der Waals surface area contributed by atoms with Gasteiger partial charge in [-0.2, -0.15) is 0 Å². The third-order valence-electron chi connectivity index (χ3n) is 6.79. The predicted molar refractivity (Wildman–Crippen MR) is 128 cm³/mol. The number of carbonyl (C=O) groups excluding carboxylic acids is 1. The summed E-state index contributed by atoms with van der Waals surface area (Å²) in [4.78, 5) is 19.5. The lowest BCUT2D eigenvalue weighted by atomic mass is 9.85. The van der Waals surface area contributed by atoms with Crippen molar-refractivity contribution < 1.29 is 9.53 Å². The van der Waals surface area contributed by atoms with Gasteiger partial charge >= 0.3 is 0 Å². The standard InChI is InChI=1S/C24H31N7O2/c1-15-21(27-19-8-4-17(5-9-19)24(32)30-10-12-33-13-11-30)23-28-20(14-31(23)29-22(15)26)16-2-6-18(25)7-3-16/h4-5,8-9,14,16,18,27H,2-3,6-7,10-13,25H2,1H3,(H2,26,29)/t16-,18-. The molecule has 0 atom stereocenters. The molecule has 9 nitrogen and oxygen atoms in total. The fraction of sp³-hybridized carbons (Fsp3) is 0.458. The van der Waals surface area contributed by atoms with Crippen molar-refractivity contribution in [1.29, 1.82) is 0 Å². The number of imidazole rings is 1. The molecule has 1 aliphatic carbocycles. The highest BCUT2D eigenvalue weighted by atomic mass is 16.5. The number of nitrogens with zero attached hydrogens (tertiary/aromatic N) is 4. The van der Waals surface area contributed by atoms with E-state index in [0.717, 1.165) is 54.0 Å². The van der Waals surface area contributed by atoms with Crippen LogP contribution in [-0.2, 0) is 4.74 Å². The lowest BCUT2D eigenvalue weighted by Crippen LogP contribution is -2.40. The molecule has 0 unspecified atom stereocenters. The van der Waals surface area contributed by atoms with Gasteiger partial charge in [-0.25, -0.2) is 9.50 Å². The van der Waals surface area contributed by atoms with Gasteiger partial charge < -0.3 is 26.4 Å². The lowest BCUT2D eigenvalue weighted by Gasteiger charge is -2.26. The molecule has 1 amide bonds. The van der Waals surface area contributed by atoms with Gasteiger partial charge in [0, 0.05) is 41.9 Å². The monoisotopic (exact) mass is 449 g/mol. The Balaban J connectivity index is 1.39. The van der Waals surface area contributed by atoms with Crippen LogP contribution in [0.3, 0.4) is 0 Å². The van der Waals surface area contributed by atoms with Crippen molar-refractivity contribution in [2.24, 2.45) is 5.73 Å². The van der Waals surface area contributed by atoms with E-state index in [1.165, 1.54) is 0 Å². The van der Waals surface area contributed by atoms with E-state index in [0.29, 0.717) is 49.6 Å². The molecule has 1 aromatic carbocycles. The maximum absolute atomic E-state index is 12.7. The van der Waals surface area contributed by atoms with Crippen molar-refractivity contribution in [3.63, 3.8) is 0 Å². The Bertz CT molecular complexity index is 1140. The topological polar surface area (TPSA) is 124 Å². The largest absolute Gasteiger partial charge is 0.382 e. The molecule has 0 bridgehead atoms. The van der Waals surface area contributed by atoms with Crippen LogP contribution in [-0.4, -0.2) is 57.8 Å². The first-order valence-electron chi connectivity index (χ1n) is 11.6. The van der Waals surface area contributed by atoms with Crippen LogP contribution in [0, 0.1) is 6.92 Å². The highest BCUT2D eigenvalue weighted by Crippen LogP contribution is 2.34. The van der Waals surface area contributed by atoms with Gasteiger partial charge in [-0.05, 0) is 56.9 Å². The van der Waals surface area contributed by atoms with E-state index in [1.54, 1.807) is 4.52 Å². The number of rotatable bonds is 4. The number of benzene rings is 1. The molecular formula is C24H31N7O2. The molecule has 1 saturated carbocycles. The van der Waals surface area contributed by atoms with Crippen LogP contribution >= 0.6 is 0 Å². The second kappa shape index (κ2) is 8.99. The molecule has 9 heteroatoms. The summed E-state index contributed by atoms with van der Waals surface area (Å²) in [6.07, 6.45) is 6.12. The Morgan fingerprint density at radius 1 is 1.12 bits per heavy atom. The third-order valence-corrected chi connectivity index (χ3v) is 6.79. The molecule has 3 heterocycles. The second-order valence-corrected chi connectivity index (χ2v) is 9.04. The Morgan fingerprint density at radius 3 is 2.52 bits per heavy atom. The highest BCUT2D eigenvalue weighted by Gasteiger charge is 2.24. The fourth-order valence-corrected chi connectivity index (χ4v) is 4.67. The Hall–Kier alpha value is -3.17. The second-order valence-electron chi connectivity index (χ2n) is 9.04. The quantitative estimate of drug-likeness (QED) is 0.559. The van der Waals surface area contributed by atoms with Gasteiger partial charge in [-0.1, -0.05) is 0 Å². The molecule has 174 valence electrons. The van der Waals surface area contributed by atoms with E-state index >= 15 is 0 Å². The minimum atomic E-state index is 0.0293. The van der Waals surface area contributed by atoms with Crippen molar-refractivity contribution in [3.05, 3.63) is 47.3 Å². The zero-order valence-electron chi connectivity index (χ0n) is 19.0. The van der Waals surface area contributed by atoms with Crippen LogP contribution < -0.4 is 16.8 Å². The summed E-state index contributed by atoms with van der Waals surface area (Å²) in [6, 6.07) is 7.81. The van der Waals surface area contributed by atoms with Gasteiger partial charge in [0.2, 0.25) is 0 Å². The molecule has 2 aliphatic rings. The molecular weight excluding hydrogens is 418 g/mol. The van der Waals surface area contributed by atoms with Crippen molar-refractivity contribution in [2.75, 3.05) is 37.4 Å². The normalized spacial score (nSPS) is 21.3. The van der Waals surface area contributed by atoms with E-state index in [-0.39, 0.29) is 5.91 Å². The first-order valence-corrected chi connectivity index (χ1v) is 11.6. The maximum Gasteiger partial charge on any atom is 0.254 e. The van der Waals surface area contributed by atoms with Crippen LogP contribution in [0.1, 0.15) is 53.2 Å². The Kier molecular flexibility index (Phi) is 5.90. The number of ether oxygens (including phenoxy) is 1. The summed E-state index contributed by atoms with van der Waals surface area (Å²) in [5.74, 6) is 0.881. The third kappa shape index (κ3) is 4.38. The number of fused-ring (bicyclic) bond motifs is 1. The summed E-state index contributed by atoms with van der Waals surface area (Å²) in [5, 5.41) is 7.96. The zero-order valence-corrected chi connectivity index (χ0v) is 19.0. The van der Waals surface area contributed by atoms with E-state index < -0.39 is 0 Å². The van der Waals surface area contributed by atoms with E-state index in [4.69, 9.17) is 21.2 Å². The maximum atomic E-state index is 12.7. The van der Waals surface area contributed by atoms with Crippen LogP contribution in [0.2, 0.25) is 0 Å². The molecule has 2 aromatic heterocycles. The van der Waals surface area contributed by atoms with Crippen molar-refractivity contribution in [2.45, 2.75) is 44.6 Å². The Labute approximate surface area is 193 Å². The summed E-state index contributed by atoms with van der Waals surface area (Å²) in [5.41, 5.74) is 17.3. The van der Waals surface area contributed by atoms with Gasteiger partial charge in [0.05, 0.1) is 30.8 Å². The number of amides is 1. The number of hydrogen-bond donors (Lipinski definition) is 3. The number of morpholine rings is 1. The molecule has 5 N–H and O–H groups in total. The van der Waals surface area contributed by atoms with E-state index in [1.807, 2.05) is 42.3 Å². The molecule has 33 heavy (non-hydrogen) atoms. The average molecular weight is 450 g/mol. The van der Waals surface area contributed by atoms with Crippen LogP contribution in [0.15, 0.2) is 30.5 Å². The Morgan fingerprint density at radius 2 is 1.82 bits per heavy atom. The number of anilines is 3. The molecule has 3 aromatic rings. The lowest BCUT2D eigenvalue weighted by molar-refractivity contribution is 0.0303. The van der Waals surface area contributed by atoms with Crippen LogP contribution in [0.25, 0.3) is 5.65 Å². The summed E-state index contributed by atoms with van der Waals surface area (Å²) < 4.78 is 7.11. The summed E-state index contributed by atoms with van der Waals surface area (Å²) in [6.45, 7) is 4.37. The van der Waals surface area contributed by atoms with Crippen molar-refractivity contribution in [3.8, 4) is 0 Å². The number of hydrogen-bond acceptors (Lipinski definition) is 7. The number of carbonyl (C=O) groups is 1. The summed E-state index contributed by atoms with van der Waals surface area (Å²) in [7, 11) is 0. The van der Waals surface area contributed by atoms with Crippen LogP contribution in [0.4, 0.5) is 17.2 Å². The van der Waals surface area contributed by atoms with Gasteiger partial charge in [0.1, 0.15) is 5.82 Å². The van der Waals surface area contributed by atoms with Crippen molar-refractivity contribution in [1.82, 2.24) is 19.5 Å². The van der Waals surface area contributed by atoms with Gasteiger partial charge in [0.25, 0.3) is 5.91 Å². The fourth-order valence-electron chi connectivity index (χ4n) is 4.67. The molecule has 1 saturated heterocycles. The molecule has 1 aliphatic heterocycles. The van der Waals surface area contributed by atoms with E-state index in [2.05, 4.69) is 10.4 Å². The van der Waals surface area contributed by atoms with E-state index in [9.17, 15) is 4.79 Å². The van der Waals surface area contributed by atoms with Gasteiger partial charge in [0.15, 0.2) is 5.65 Å². The summed E-state index contributed by atoms with van der Waals surface area (Å²) >= 11 is 0. The first kappa shape index (κ1) is 21.7. The number of aromatic nitrogens is 3. The van der Waals surface area contributed by atoms with Gasteiger partial charge in [-0.3, -0.25) is 4.79 Å². The molecule has 0 radical (unpaired) electrons. The number of nitrogens with one attached hydrogen (secondary N) is 1. The smallest absolute Gasteiger partial charge is 0.254 e. The minimum absolute atomic E-state index is 0.0293. The first-order chi connectivity index (χ1) is 16.0. The SMILES string of the molecule is Cc1c(N)nn2cc([C@H]3CC[C@H](N)CC3)nc2c1Nc1ccc(C(=O)N2CCOCC2)cc1. The predicted octanol–water partition coefficient (Wildman–Crippen LogP) is 2.82. The molecule has 0 spiro atoms. The number of nitrogens with two attached hydrogens (primary N) is 2. The molecule has 2 fully saturated rings. The number of nitrogen functional groups attached to an aromatic ring is 1. The highest BCUT2D eigenvalue weighted by molar-refractivity contribution is 5.94. The molecule has 5 rings (SSSR count). The average Bonchev–Trinajstić information content (AvgIpc) is 3.26.